The Morgan fingerprint density at radius 2 is 2.00 bits per heavy atom. The highest BCUT2D eigenvalue weighted by Gasteiger charge is 2.22. The highest BCUT2D eigenvalue weighted by atomic mass is 19.1. The first-order chi connectivity index (χ1) is 12.1. The maximum atomic E-state index is 13.3. The zero-order chi connectivity index (χ0) is 17.4. The average molecular weight is 340 g/mol. The van der Waals surface area contributed by atoms with E-state index in [4.69, 9.17) is 5.73 Å². The van der Waals surface area contributed by atoms with Crippen molar-refractivity contribution < 1.29 is 9.18 Å². The summed E-state index contributed by atoms with van der Waals surface area (Å²) in [7, 11) is 0. The van der Waals surface area contributed by atoms with Crippen LogP contribution in [0, 0.1) is 5.82 Å². The quantitative estimate of drug-likeness (QED) is 0.764. The maximum absolute atomic E-state index is 13.3. The van der Waals surface area contributed by atoms with E-state index in [0.29, 0.717) is 5.69 Å². The standard InChI is InChI=1S/C17H17FN6O/c18-11-9-20-16-14(15(19)22-24(16)10-11)17(25)21-12-5-1-2-6-13(12)23-7-3-4-8-23/h1-2,5-6,9-10H,3-4,7-8H2,(H2,19,22)(H,21,25). The summed E-state index contributed by atoms with van der Waals surface area (Å²) >= 11 is 0. The molecule has 1 saturated heterocycles. The molecule has 0 spiro atoms. The van der Waals surface area contributed by atoms with Crippen LogP contribution in [0.2, 0.25) is 0 Å². The van der Waals surface area contributed by atoms with Gasteiger partial charge in [0.15, 0.2) is 17.3 Å². The van der Waals surface area contributed by atoms with Crippen molar-refractivity contribution in [2.24, 2.45) is 0 Å². The second kappa shape index (κ2) is 6.04. The largest absolute Gasteiger partial charge is 0.381 e. The lowest BCUT2D eigenvalue weighted by Gasteiger charge is -2.21. The molecule has 0 atom stereocenters. The minimum Gasteiger partial charge on any atom is -0.381 e. The molecule has 3 N–H and O–H groups in total. The number of fused-ring (bicyclic) bond motifs is 1. The van der Waals surface area contributed by atoms with Crippen molar-refractivity contribution in [2.75, 3.05) is 29.0 Å². The first-order valence-corrected chi connectivity index (χ1v) is 8.08. The normalized spacial score (nSPS) is 14.2. The number of carbonyl (C=O) groups is 1. The third kappa shape index (κ3) is 2.75. The second-order valence-corrected chi connectivity index (χ2v) is 5.97. The summed E-state index contributed by atoms with van der Waals surface area (Å²) in [5.74, 6) is -0.964. The van der Waals surface area contributed by atoms with Gasteiger partial charge in [-0.25, -0.2) is 13.9 Å². The van der Waals surface area contributed by atoms with E-state index in [1.54, 1.807) is 0 Å². The average Bonchev–Trinajstić information content (AvgIpc) is 3.22. The lowest BCUT2D eigenvalue weighted by atomic mass is 10.2. The number of benzene rings is 1. The SMILES string of the molecule is Nc1nn2cc(F)cnc2c1C(=O)Nc1ccccc1N1CCCC1. The van der Waals surface area contributed by atoms with Gasteiger partial charge in [0.05, 0.1) is 23.8 Å². The molecule has 1 aliphatic heterocycles. The number of nitrogens with one attached hydrogen (secondary N) is 1. The third-order valence-electron chi connectivity index (χ3n) is 4.29. The number of hydrogen-bond acceptors (Lipinski definition) is 5. The van der Waals surface area contributed by atoms with Crippen LogP contribution in [-0.4, -0.2) is 33.6 Å². The Morgan fingerprint density at radius 1 is 1.24 bits per heavy atom. The van der Waals surface area contributed by atoms with Gasteiger partial charge in [-0.2, -0.15) is 0 Å². The monoisotopic (exact) mass is 340 g/mol. The van der Waals surface area contributed by atoms with E-state index in [9.17, 15) is 9.18 Å². The number of hydrogen-bond donors (Lipinski definition) is 2. The number of rotatable bonds is 3. The molecule has 25 heavy (non-hydrogen) atoms. The van der Waals surface area contributed by atoms with Crippen LogP contribution in [0.1, 0.15) is 23.2 Å². The van der Waals surface area contributed by atoms with Gasteiger partial charge >= 0.3 is 0 Å². The van der Waals surface area contributed by atoms with Crippen molar-refractivity contribution in [3.8, 4) is 0 Å². The highest BCUT2D eigenvalue weighted by Crippen LogP contribution is 2.29. The summed E-state index contributed by atoms with van der Waals surface area (Å²) in [6.07, 6.45) is 4.44. The van der Waals surface area contributed by atoms with Crippen molar-refractivity contribution in [1.29, 1.82) is 0 Å². The van der Waals surface area contributed by atoms with Gasteiger partial charge in [-0.15, -0.1) is 5.10 Å². The number of nitrogen functional groups attached to an aromatic ring is 1. The molecular weight excluding hydrogens is 323 g/mol. The van der Waals surface area contributed by atoms with E-state index in [0.717, 1.165) is 44.0 Å². The molecule has 1 amide bonds. The van der Waals surface area contributed by atoms with Crippen LogP contribution in [0.15, 0.2) is 36.7 Å². The fourth-order valence-electron chi connectivity index (χ4n) is 3.15. The Morgan fingerprint density at radius 3 is 2.80 bits per heavy atom. The predicted molar refractivity (Wildman–Crippen MR) is 93.2 cm³/mol. The summed E-state index contributed by atoms with van der Waals surface area (Å²) in [5, 5.41) is 6.85. The van der Waals surface area contributed by atoms with Crippen molar-refractivity contribution in [3.63, 3.8) is 0 Å². The highest BCUT2D eigenvalue weighted by molar-refractivity contribution is 6.12. The molecule has 0 unspecified atom stereocenters. The first-order valence-electron chi connectivity index (χ1n) is 8.08. The van der Waals surface area contributed by atoms with E-state index in [1.165, 1.54) is 4.52 Å². The van der Waals surface area contributed by atoms with Gasteiger partial charge in [0.1, 0.15) is 5.56 Å². The van der Waals surface area contributed by atoms with Gasteiger partial charge in [0.25, 0.3) is 5.91 Å². The van der Waals surface area contributed by atoms with Crippen LogP contribution in [0.4, 0.5) is 21.6 Å². The van der Waals surface area contributed by atoms with E-state index in [1.807, 2.05) is 24.3 Å². The van der Waals surface area contributed by atoms with Crippen LogP contribution in [0.5, 0.6) is 0 Å². The predicted octanol–water partition coefficient (Wildman–Crippen LogP) is 2.30. The molecule has 2 aromatic heterocycles. The number of halogens is 1. The second-order valence-electron chi connectivity index (χ2n) is 5.97. The molecule has 1 aliphatic rings. The molecule has 1 aromatic carbocycles. The molecule has 3 heterocycles. The maximum Gasteiger partial charge on any atom is 0.263 e. The van der Waals surface area contributed by atoms with E-state index < -0.39 is 11.7 Å². The summed E-state index contributed by atoms with van der Waals surface area (Å²) < 4.78 is 14.5. The van der Waals surface area contributed by atoms with Crippen molar-refractivity contribution in [2.45, 2.75) is 12.8 Å². The van der Waals surface area contributed by atoms with Gasteiger partial charge in [-0.1, -0.05) is 12.1 Å². The number of nitrogens with zero attached hydrogens (tertiary/aromatic N) is 4. The third-order valence-corrected chi connectivity index (χ3v) is 4.29. The zero-order valence-corrected chi connectivity index (χ0v) is 13.4. The lowest BCUT2D eigenvalue weighted by Crippen LogP contribution is -2.21. The fourth-order valence-corrected chi connectivity index (χ4v) is 3.15. The molecule has 4 rings (SSSR count). The molecule has 0 saturated carbocycles. The molecule has 0 aliphatic carbocycles. The van der Waals surface area contributed by atoms with Gasteiger partial charge in [-0.05, 0) is 25.0 Å². The Balaban J connectivity index is 1.68. The number of nitrogens with two attached hydrogens (primary N) is 1. The van der Waals surface area contributed by atoms with Crippen molar-refractivity contribution in [3.05, 3.63) is 48.0 Å². The summed E-state index contributed by atoms with van der Waals surface area (Å²) in [4.78, 5) is 18.9. The van der Waals surface area contributed by atoms with Gasteiger partial charge in [-0.3, -0.25) is 4.79 Å². The Bertz CT molecular complexity index is 947. The smallest absolute Gasteiger partial charge is 0.263 e. The molecular formula is C17H17FN6O. The summed E-state index contributed by atoms with van der Waals surface area (Å²) in [5.41, 5.74) is 7.88. The van der Waals surface area contributed by atoms with E-state index in [-0.39, 0.29) is 17.0 Å². The topological polar surface area (TPSA) is 88.5 Å². The first kappa shape index (κ1) is 15.4. The number of carbonyl (C=O) groups excluding carboxylic acids is 1. The van der Waals surface area contributed by atoms with Crippen LogP contribution in [-0.2, 0) is 0 Å². The van der Waals surface area contributed by atoms with Crippen LogP contribution in [0.25, 0.3) is 5.65 Å². The van der Waals surface area contributed by atoms with Crippen LogP contribution in [0.3, 0.4) is 0 Å². The molecule has 0 bridgehead atoms. The number of aromatic nitrogens is 3. The van der Waals surface area contributed by atoms with Gasteiger partial charge in [0.2, 0.25) is 0 Å². The zero-order valence-electron chi connectivity index (χ0n) is 13.4. The summed E-state index contributed by atoms with van der Waals surface area (Å²) in [6.45, 7) is 1.93. The summed E-state index contributed by atoms with van der Waals surface area (Å²) in [6, 6.07) is 7.63. The van der Waals surface area contributed by atoms with E-state index in [2.05, 4.69) is 20.3 Å². The number of amides is 1. The Hall–Kier alpha value is -3.16. The van der Waals surface area contributed by atoms with Crippen LogP contribution < -0.4 is 16.0 Å². The lowest BCUT2D eigenvalue weighted by molar-refractivity contribution is 0.102. The van der Waals surface area contributed by atoms with Gasteiger partial charge < -0.3 is 16.0 Å². The minimum absolute atomic E-state index is 0.00857. The number of anilines is 3. The minimum atomic E-state index is -0.554. The van der Waals surface area contributed by atoms with Crippen LogP contribution >= 0.6 is 0 Å². The Kier molecular flexibility index (Phi) is 3.72. The van der Waals surface area contributed by atoms with Crippen molar-refractivity contribution >= 4 is 28.7 Å². The van der Waals surface area contributed by atoms with E-state index >= 15 is 0 Å². The molecule has 1 fully saturated rings. The molecule has 8 heteroatoms. The molecule has 0 radical (unpaired) electrons. The van der Waals surface area contributed by atoms with Gasteiger partial charge in [0, 0.05) is 13.1 Å². The fraction of sp³-hybridized carbons (Fsp3) is 0.235. The molecule has 3 aromatic rings. The molecule has 7 nitrogen and oxygen atoms in total. The van der Waals surface area contributed by atoms with Crippen molar-refractivity contribution in [1.82, 2.24) is 14.6 Å². The number of para-hydroxylation sites is 2. The molecule has 128 valence electrons. The Labute approximate surface area is 143 Å².